The largest absolute Gasteiger partial charge is 0.454 e. The van der Waals surface area contributed by atoms with E-state index < -0.39 is 12.0 Å². The van der Waals surface area contributed by atoms with Crippen molar-refractivity contribution < 1.29 is 18.7 Å². The number of esters is 1. The number of hydrogen-bond acceptors (Lipinski definition) is 6. The lowest BCUT2D eigenvalue weighted by Gasteiger charge is -2.22. The molecule has 0 spiro atoms. The van der Waals surface area contributed by atoms with E-state index in [1.54, 1.807) is 31.2 Å². The van der Waals surface area contributed by atoms with E-state index in [0.717, 1.165) is 0 Å². The van der Waals surface area contributed by atoms with Gasteiger partial charge in [0.1, 0.15) is 6.04 Å². The van der Waals surface area contributed by atoms with E-state index in [-0.39, 0.29) is 24.3 Å². The van der Waals surface area contributed by atoms with Crippen molar-refractivity contribution in [1.29, 1.82) is 0 Å². The molecule has 1 N–H and O–H groups in total. The van der Waals surface area contributed by atoms with Gasteiger partial charge in [0.05, 0.1) is 0 Å². The zero-order chi connectivity index (χ0) is 17.5. The Morgan fingerprint density at radius 2 is 1.96 bits per heavy atom. The highest BCUT2D eigenvalue weighted by atomic mass is 16.5. The summed E-state index contributed by atoms with van der Waals surface area (Å²) in [4.78, 5) is 24.7. The average Bonchev–Trinajstić information content (AvgIpc) is 3.02. The molecule has 0 unspecified atom stereocenters. The maximum Gasteiger partial charge on any atom is 0.329 e. The highest BCUT2D eigenvalue weighted by Gasteiger charge is 2.28. The monoisotopic (exact) mass is 331 g/mol. The van der Waals surface area contributed by atoms with Gasteiger partial charge in [0, 0.05) is 12.5 Å². The minimum atomic E-state index is -0.744. The zero-order valence-corrected chi connectivity index (χ0v) is 14.0. The van der Waals surface area contributed by atoms with Crippen LogP contribution in [0.5, 0.6) is 0 Å². The minimum Gasteiger partial charge on any atom is -0.454 e. The Balaban J connectivity index is 2.01. The standard InChI is InChI=1S/C17H21N3O4/c1-4-11(2)15(18-16(21)13-8-6-5-7-9-13)17(22)23-10-14-20-19-12(3)24-14/h5-9,11,15H,4,10H2,1-3H3,(H,18,21)/t11-,15+/m1/s1. The van der Waals surface area contributed by atoms with Crippen molar-refractivity contribution in [3.05, 3.63) is 47.7 Å². The Kier molecular flexibility index (Phi) is 6.06. The minimum absolute atomic E-state index is 0.0745. The molecule has 0 aliphatic heterocycles. The molecule has 0 bridgehead atoms. The molecule has 0 saturated heterocycles. The van der Waals surface area contributed by atoms with Crippen LogP contribution in [-0.4, -0.2) is 28.1 Å². The molecule has 0 aliphatic carbocycles. The molecular formula is C17H21N3O4. The summed E-state index contributed by atoms with van der Waals surface area (Å²) in [6, 6.07) is 7.99. The number of hydrogen-bond donors (Lipinski definition) is 1. The van der Waals surface area contributed by atoms with E-state index in [1.165, 1.54) is 0 Å². The molecule has 1 aromatic carbocycles. The molecule has 0 aliphatic rings. The number of carbonyl (C=O) groups is 2. The molecule has 0 saturated carbocycles. The van der Waals surface area contributed by atoms with Gasteiger partial charge in [0.2, 0.25) is 5.89 Å². The fraction of sp³-hybridized carbons (Fsp3) is 0.412. The van der Waals surface area contributed by atoms with Crippen molar-refractivity contribution in [2.75, 3.05) is 0 Å². The first-order valence-corrected chi connectivity index (χ1v) is 7.82. The summed E-state index contributed by atoms with van der Waals surface area (Å²) in [5, 5.41) is 10.2. The summed E-state index contributed by atoms with van der Waals surface area (Å²) in [6.45, 7) is 5.36. The Hall–Kier alpha value is -2.70. The molecule has 128 valence electrons. The summed E-state index contributed by atoms with van der Waals surface area (Å²) < 4.78 is 10.4. The third-order valence-corrected chi connectivity index (χ3v) is 3.70. The SMILES string of the molecule is CC[C@@H](C)[C@H](NC(=O)c1ccccc1)C(=O)OCc1nnc(C)o1. The number of carbonyl (C=O) groups excluding carboxylic acids is 2. The topological polar surface area (TPSA) is 94.3 Å². The second-order valence-electron chi connectivity index (χ2n) is 5.53. The van der Waals surface area contributed by atoms with Crippen LogP contribution >= 0.6 is 0 Å². The van der Waals surface area contributed by atoms with E-state index >= 15 is 0 Å². The third-order valence-electron chi connectivity index (χ3n) is 3.70. The highest BCUT2D eigenvalue weighted by Crippen LogP contribution is 2.12. The van der Waals surface area contributed by atoms with Crippen molar-refractivity contribution in [2.24, 2.45) is 5.92 Å². The normalized spacial score (nSPS) is 13.1. The van der Waals surface area contributed by atoms with Crippen molar-refractivity contribution in [1.82, 2.24) is 15.5 Å². The fourth-order valence-electron chi connectivity index (χ4n) is 2.10. The van der Waals surface area contributed by atoms with Gasteiger partial charge < -0.3 is 14.5 Å². The number of rotatable bonds is 7. The molecule has 24 heavy (non-hydrogen) atoms. The van der Waals surface area contributed by atoms with Gasteiger partial charge in [-0.1, -0.05) is 38.5 Å². The Labute approximate surface area is 140 Å². The van der Waals surface area contributed by atoms with Crippen LogP contribution in [0.4, 0.5) is 0 Å². The van der Waals surface area contributed by atoms with Crippen LogP contribution < -0.4 is 5.32 Å². The second kappa shape index (κ2) is 8.24. The summed E-state index contributed by atoms with van der Waals surface area (Å²) >= 11 is 0. The van der Waals surface area contributed by atoms with E-state index in [9.17, 15) is 9.59 Å². The fourth-order valence-corrected chi connectivity index (χ4v) is 2.10. The lowest BCUT2D eigenvalue weighted by molar-refractivity contribution is -0.149. The van der Waals surface area contributed by atoms with Crippen LogP contribution in [0.25, 0.3) is 0 Å². The Morgan fingerprint density at radius 3 is 2.54 bits per heavy atom. The maximum atomic E-state index is 12.4. The number of aromatic nitrogens is 2. The first kappa shape index (κ1) is 17.7. The first-order chi connectivity index (χ1) is 11.5. The lowest BCUT2D eigenvalue weighted by atomic mass is 9.99. The van der Waals surface area contributed by atoms with E-state index in [4.69, 9.17) is 9.15 Å². The molecule has 1 heterocycles. The van der Waals surface area contributed by atoms with Gasteiger partial charge in [-0.2, -0.15) is 0 Å². The first-order valence-electron chi connectivity index (χ1n) is 7.82. The van der Waals surface area contributed by atoms with Gasteiger partial charge in [-0.15, -0.1) is 10.2 Å². The molecule has 7 nitrogen and oxygen atoms in total. The van der Waals surface area contributed by atoms with Gasteiger partial charge >= 0.3 is 5.97 Å². The average molecular weight is 331 g/mol. The molecule has 0 fully saturated rings. The van der Waals surface area contributed by atoms with Crippen molar-refractivity contribution >= 4 is 11.9 Å². The van der Waals surface area contributed by atoms with Crippen molar-refractivity contribution in [3.8, 4) is 0 Å². The van der Waals surface area contributed by atoms with E-state index in [2.05, 4.69) is 15.5 Å². The van der Waals surface area contributed by atoms with E-state index in [0.29, 0.717) is 17.9 Å². The summed E-state index contributed by atoms with van der Waals surface area (Å²) in [5.41, 5.74) is 0.492. The van der Waals surface area contributed by atoms with Gasteiger partial charge in [-0.3, -0.25) is 4.79 Å². The van der Waals surface area contributed by atoms with Gasteiger partial charge in [0.25, 0.3) is 11.8 Å². The highest BCUT2D eigenvalue weighted by molar-refractivity contribution is 5.96. The van der Waals surface area contributed by atoms with Crippen LogP contribution in [0, 0.1) is 12.8 Å². The van der Waals surface area contributed by atoms with Crippen LogP contribution in [0.15, 0.2) is 34.7 Å². The predicted molar refractivity (Wildman–Crippen MR) is 86.0 cm³/mol. The van der Waals surface area contributed by atoms with Gasteiger partial charge in [0.15, 0.2) is 6.61 Å². The summed E-state index contributed by atoms with van der Waals surface area (Å²) in [6.07, 6.45) is 0.717. The van der Waals surface area contributed by atoms with Crippen molar-refractivity contribution in [2.45, 2.75) is 39.8 Å². The Morgan fingerprint density at radius 1 is 1.25 bits per heavy atom. The summed E-state index contributed by atoms with van der Waals surface area (Å²) in [5.74, 6) is -0.291. The zero-order valence-electron chi connectivity index (χ0n) is 14.0. The van der Waals surface area contributed by atoms with Crippen LogP contribution in [-0.2, 0) is 16.1 Å². The maximum absolute atomic E-state index is 12.4. The number of benzene rings is 1. The Bertz CT molecular complexity index is 684. The van der Waals surface area contributed by atoms with Crippen LogP contribution in [0.2, 0.25) is 0 Å². The quantitative estimate of drug-likeness (QED) is 0.782. The molecule has 2 rings (SSSR count). The van der Waals surface area contributed by atoms with Gasteiger partial charge in [-0.05, 0) is 18.1 Å². The number of amides is 1. The molecule has 0 radical (unpaired) electrons. The molecule has 2 atom stereocenters. The lowest BCUT2D eigenvalue weighted by Crippen LogP contribution is -2.45. The molecule has 1 aromatic heterocycles. The smallest absolute Gasteiger partial charge is 0.329 e. The number of aryl methyl sites for hydroxylation is 1. The van der Waals surface area contributed by atoms with Crippen LogP contribution in [0.1, 0.15) is 42.4 Å². The molecule has 2 aromatic rings. The molecule has 7 heteroatoms. The summed E-state index contributed by atoms with van der Waals surface area (Å²) in [7, 11) is 0. The van der Waals surface area contributed by atoms with Crippen LogP contribution in [0.3, 0.4) is 0 Å². The second-order valence-corrected chi connectivity index (χ2v) is 5.53. The number of ether oxygens (including phenoxy) is 1. The third kappa shape index (κ3) is 4.65. The van der Waals surface area contributed by atoms with E-state index in [1.807, 2.05) is 19.9 Å². The predicted octanol–water partition coefficient (Wildman–Crippen LogP) is 2.27. The van der Waals surface area contributed by atoms with Gasteiger partial charge in [-0.25, -0.2) is 4.79 Å². The van der Waals surface area contributed by atoms with Crippen molar-refractivity contribution in [3.63, 3.8) is 0 Å². The number of nitrogens with zero attached hydrogens (tertiary/aromatic N) is 2. The molecular weight excluding hydrogens is 310 g/mol. The molecule has 1 amide bonds. The number of nitrogens with one attached hydrogen (secondary N) is 1.